The van der Waals surface area contributed by atoms with Crippen molar-refractivity contribution in [1.82, 2.24) is 9.97 Å². The Hall–Kier alpha value is -1.14. The van der Waals surface area contributed by atoms with Gasteiger partial charge in [-0.2, -0.15) is 4.98 Å². The second-order valence-corrected chi connectivity index (χ2v) is 5.12. The minimum Gasteiger partial charge on any atom is -0.437 e. The van der Waals surface area contributed by atoms with Gasteiger partial charge in [0.05, 0.1) is 15.1 Å². The third kappa shape index (κ3) is 3.20. The maximum absolute atomic E-state index is 5.74. The number of rotatable bonds is 4. The van der Waals surface area contributed by atoms with Crippen molar-refractivity contribution in [3.63, 3.8) is 0 Å². The largest absolute Gasteiger partial charge is 0.437 e. The fourth-order valence-electron chi connectivity index (χ4n) is 1.30. The van der Waals surface area contributed by atoms with E-state index in [2.05, 4.69) is 47.1 Å². The van der Waals surface area contributed by atoms with Crippen LogP contribution in [0.2, 0.25) is 0 Å². The first-order chi connectivity index (χ1) is 8.70. The van der Waals surface area contributed by atoms with Crippen LogP contribution in [-0.2, 0) is 0 Å². The summed E-state index contributed by atoms with van der Waals surface area (Å²) in [5.74, 6) is 1.73. The van der Waals surface area contributed by atoms with Crippen molar-refractivity contribution in [2.24, 2.45) is 0 Å². The van der Waals surface area contributed by atoms with Crippen LogP contribution in [0.15, 0.2) is 39.4 Å². The van der Waals surface area contributed by atoms with Crippen molar-refractivity contribution < 1.29 is 4.74 Å². The molecule has 0 saturated carbocycles. The van der Waals surface area contributed by atoms with Gasteiger partial charge >= 0.3 is 0 Å². The second kappa shape index (κ2) is 6.15. The molecule has 0 aliphatic carbocycles. The molecule has 1 N–H and O–H groups in total. The van der Waals surface area contributed by atoms with Gasteiger partial charge in [-0.15, -0.1) is 0 Å². The number of ether oxygens (including phenoxy) is 1. The van der Waals surface area contributed by atoms with E-state index in [0.29, 0.717) is 22.1 Å². The van der Waals surface area contributed by atoms with Gasteiger partial charge < -0.3 is 10.1 Å². The highest BCUT2D eigenvalue weighted by Gasteiger charge is 2.09. The highest BCUT2D eigenvalue weighted by atomic mass is 79.9. The fraction of sp³-hybridized carbons (Fsp3) is 0.167. The molecular formula is C12H11Br2N3O. The third-order valence-corrected chi connectivity index (χ3v) is 3.29. The number of hydrogen-bond donors (Lipinski definition) is 1. The number of aromatic nitrogens is 2. The second-order valence-electron chi connectivity index (χ2n) is 3.41. The summed E-state index contributed by atoms with van der Waals surface area (Å²) in [6.45, 7) is 2.75. The molecular weight excluding hydrogens is 362 g/mol. The fourth-order valence-corrected chi connectivity index (χ4v) is 1.94. The highest BCUT2D eigenvalue weighted by Crippen LogP contribution is 2.32. The average Bonchev–Trinajstić information content (AvgIpc) is 2.36. The first-order valence-electron chi connectivity index (χ1n) is 5.39. The Morgan fingerprint density at radius 3 is 2.72 bits per heavy atom. The summed E-state index contributed by atoms with van der Waals surface area (Å²) in [6.07, 6.45) is 1.66. The van der Waals surface area contributed by atoms with E-state index >= 15 is 0 Å². The molecule has 0 saturated heterocycles. The van der Waals surface area contributed by atoms with Crippen molar-refractivity contribution in [3.8, 4) is 11.6 Å². The van der Waals surface area contributed by atoms with Crippen molar-refractivity contribution >= 4 is 37.8 Å². The topological polar surface area (TPSA) is 47.0 Å². The predicted molar refractivity (Wildman–Crippen MR) is 78.1 cm³/mol. The maximum atomic E-state index is 5.74. The van der Waals surface area contributed by atoms with Crippen LogP contribution in [-0.4, -0.2) is 16.5 Å². The molecule has 0 fully saturated rings. The van der Waals surface area contributed by atoms with Crippen molar-refractivity contribution in [2.75, 3.05) is 11.9 Å². The van der Waals surface area contributed by atoms with Gasteiger partial charge in [0.25, 0.3) is 0 Å². The minimum absolute atomic E-state index is 0.479. The zero-order valence-electron chi connectivity index (χ0n) is 9.65. The Morgan fingerprint density at radius 2 is 2.00 bits per heavy atom. The average molecular weight is 373 g/mol. The Labute approximate surface area is 122 Å². The molecule has 0 bridgehead atoms. The normalized spacial score (nSPS) is 10.2. The number of benzene rings is 1. The Kier molecular flexibility index (Phi) is 4.54. The molecule has 4 nitrogen and oxygen atoms in total. The van der Waals surface area contributed by atoms with Crippen LogP contribution in [0.1, 0.15) is 6.92 Å². The molecule has 0 spiro atoms. The van der Waals surface area contributed by atoms with E-state index in [1.54, 1.807) is 6.20 Å². The monoisotopic (exact) mass is 371 g/mol. The summed E-state index contributed by atoms with van der Waals surface area (Å²) in [4.78, 5) is 8.42. The summed E-state index contributed by atoms with van der Waals surface area (Å²) in [5.41, 5.74) is 0. The summed E-state index contributed by atoms with van der Waals surface area (Å²) in [6, 6.07) is 7.61. The quantitative estimate of drug-likeness (QED) is 0.872. The first kappa shape index (κ1) is 13.3. The molecule has 94 valence electrons. The molecule has 1 aromatic carbocycles. The van der Waals surface area contributed by atoms with Gasteiger partial charge in [-0.25, -0.2) is 4.98 Å². The molecule has 2 rings (SSSR count). The number of hydrogen-bond acceptors (Lipinski definition) is 4. The van der Waals surface area contributed by atoms with Crippen LogP contribution in [0.4, 0.5) is 5.95 Å². The van der Waals surface area contributed by atoms with Crippen molar-refractivity contribution in [2.45, 2.75) is 6.92 Å². The number of nitrogens with zero attached hydrogens (tertiary/aromatic N) is 2. The van der Waals surface area contributed by atoms with E-state index in [0.717, 1.165) is 11.0 Å². The number of halogens is 2. The van der Waals surface area contributed by atoms with E-state index in [1.165, 1.54) is 0 Å². The Morgan fingerprint density at radius 1 is 1.22 bits per heavy atom. The molecule has 1 heterocycles. The lowest BCUT2D eigenvalue weighted by atomic mass is 10.3. The first-order valence-corrected chi connectivity index (χ1v) is 6.98. The van der Waals surface area contributed by atoms with Gasteiger partial charge in [0.15, 0.2) is 0 Å². The zero-order chi connectivity index (χ0) is 13.0. The van der Waals surface area contributed by atoms with Crippen LogP contribution >= 0.6 is 31.9 Å². The summed E-state index contributed by atoms with van der Waals surface area (Å²) < 4.78 is 7.33. The van der Waals surface area contributed by atoms with E-state index < -0.39 is 0 Å². The van der Waals surface area contributed by atoms with E-state index in [1.807, 2.05) is 31.2 Å². The summed E-state index contributed by atoms with van der Waals surface area (Å²) >= 11 is 6.80. The van der Waals surface area contributed by atoms with Crippen LogP contribution in [0.25, 0.3) is 0 Å². The lowest BCUT2D eigenvalue weighted by Gasteiger charge is -2.09. The molecule has 18 heavy (non-hydrogen) atoms. The van der Waals surface area contributed by atoms with Crippen molar-refractivity contribution in [1.29, 1.82) is 0 Å². The lowest BCUT2D eigenvalue weighted by molar-refractivity contribution is 0.456. The van der Waals surface area contributed by atoms with E-state index in [9.17, 15) is 0 Å². The number of para-hydroxylation sites is 1. The Balaban J connectivity index is 2.28. The van der Waals surface area contributed by atoms with Crippen molar-refractivity contribution in [3.05, 3.63) is 39.4 Å². The summed E-state index contributed by atoms with van der Waals surface area (Å²) in [5, 5.41) is 3.04. The Bertz CT molecular complexity index is 549. The molecule has 1 aromatic heterocycles. The zero-order valence-corrected chi connectivity index (χ0v) is 12.8. The van der Waals surface area contributed by atoms with Gasteiger partial charge in [-0.05, 0) is 50.9 Å². The number of nitrogens with one attached hydrogen (secondary N) is 1. The smallest absolute Gasteiger partial charge is 0.238 e. The van der Waals surface area contributed by atoms with Crippen LogP contribution in [0, 0.1) is 0 Å². The van der Waals surface area contributed by atoms with E-state index in [4.69, 9.17) is 4.74 Å². The predicted octanol–water partition coefficient (Wildman–Crippen LogP) is 4.23. The van der Waals surface area contributed by atoms with Gasteiger partial charge in [-0.1, -0.05) is 12.1 Å². The van der Waals surface area contributed by atoms with Crippen LogP contribution < -0.4 is 10.1 Å². The molecule has 0 amide bonds. The molecule has 0 radical (unpaired) electrons. The van der Waals surface area contributed by atoms with Gasteiger partial charge in [0, 0.05) is 6.54 Å². The summed E-state index contributed by atoms with van der Waals surface area (Å²) in [7, 11) is 0. The molecule has 6 heteroatoms. The molecule has 0 unspecified atom stereocenters. The minimum atomic E-state index is 0.479. The van der Waals surface area contributed by atoms with Gasteiger partial charge in [0.2, 0.25) is 11.8 Å². The lowest BCUT2D eigenvalue weighted by Crippen LogP contribution is -2.03. The van der Waals surface area contributed by atoms with E-state index in [-0.39, 0.29) is 0 Å². The van der Waals surface area contributed by atoms with Gasteiger partial charge in [-0.3, -0.25) is 0 Å². The molecule has 0 aliphatic rings. The van der Waals surface area contributed by atoms with Crippen LogP contribution in [0.3, 0.4) is 0 Å². The molecule has 0 aliphatic heterocycles. The molecule has 2 aromatic rings. The molecule has 0 atom stereocenters. The maximum Gasteiger partial charge on any atom is 0.238 e. The standard InChI is InChI=1S/C12H11Br2N3O/c1-2-15-12-16-7-9(14)11(17-12)18-10-6-4-3-5-8(10)13/h3-7H,2H2,1H3,(H,15,16,17). The van der Waals surface area contributed by atoms with Gasteiger partial charge in [0.1, 0.15) is 5.75 Å². The highest BCUT2D eigenvalue weighted by molar-refractivity contribution is 9.11. The SMILES string of the molecule is CCNc1ncc(Br)c(Oc2ccccc2Br)n1. The third-order valence-electron chi connectivity index (χ3n) is 2.09. The number of anilines is 1. The van der Waals surface area contributed by atoms with Crippen LogP contribution in [0.5, 0.6) is 11.6 Å².